The minimum absolute atomic E-state index is 0.563. The van der Waals surface area contributed by atoms with Crippen LogP contribution in [0.5, 0.6) is 0 Å². The van der Waals surface area contributed by atoms with E-state index in [4.69, 9.17) is 4.99 Å². The van der Waals surface area contributed by atoms with E-state index in [0.29, 0.717) is 12.1 Å². The molecule has 2 nitrogen and oxygen atoms in total. The van der Waals surface area contributed by atoms with Gasteiger partial charge in [-0.2, -0.15) is 0 Å². The summed E-state index contributed by atoms with van der Waals surface area (Å²) in [5.41, 5.74) is 2.56. The molecule has 3 aliphatic carbocycles. The van der Waals surface area contributed by atoms with E-state index in [9.17, 15) is 0 Å². The fourth-order valence-electron chi connectivity index (χ4n) is 3.59. The Bertz CT molecular complexity index is 444. The van der Waals surface area contributed by atoms with Crippen molar-refractivity contribution in [3.8, 4) is 0 Å². The largest absolute Gasteiger partial charge is 0.388 e. The maximum Gasteiger partial charge on any atom is 0.0499 e. The SMILES string of the molecule is C1=C/C(=C/NC2CCCCC2)C(C=NC2CCCCC2)=C1. The maximum absolute atomic E-state index is 4.81. The van der Waals surface area contributed by atoms with Crippen molar-refractivity contribution in [3.05, 3.63) is 35.6 Å². The van der Waals surface area contributed by atoms with Gasteiger partial charge in [-0.05, 0) is 31.3 Å². The Balaban J connectivity index is 1.53. The van der Waals surface area contributed by atoms with E-state index in [1.165, 1.54) is 75.4 Å². The lowest BCUT2D eigenvalue weighted by molar-refractivity contribution is 0.404. The molecule has 2 heteroatoms. The summed E-state index contributed by atoms with van der Waals surface area (Å²) in [5, 5.41) is 3.62. The zero-order valence-corrected chi connectivity index (χ0v) is 13.1. The summed E-state index contributed by atoms with van der Waals surface area (Å²) in [6.45, 7) is 0. The summed E-state index contributed by atoms with van der Waals surface area (Å²) >= 11 is 0. The fraction of sp³-hybridized carbons (Fsp3) is 0.632. The average Bonchev–Trinajstić information content (AvgIpc) is 3.00. The molecule has 21 heavy (non-hydrogen) atoms. The van der Waals surface area contributed by atoms with Crippen LogP contribution in [0.15, 0.2) is 40.6 Å². The van der Waals surface area contributed by atoms with E-state index >= 15 is 0 Å². The van der Waals surface area contributed by atoms with Gasteiger partial charge in [-0.15, -0.1) is 0 Å². The van der Waals surface area contributed by atoms with Crippen molar-refractivity contribution >= 4 is 6.21 Å². The van der Waals surface area contributed by atoms with Gasteiger partial charge in [0.15, 0.2) is 0 Å². The number of rotatable bonds is 4. The van der Waals surface area contributed by atoms with E-state index in [-0.39, 0.29) is 0 Å². The minimum Gasteiger partial charge on any atom is -0.388 e. The van der Waals surface area contributed by atoms with Crippen LogP contribution in [-0.2, 0) is 0 Å². The van der Waals surface area contributed by atoms with Crippen molar-refractivity contribution in [1.29, 1.82) is 0 Å². The smallest absolute Gasteiger partial charge is 0.0499 e. The van der Waals surface area contributed by atoms with Gasteiger partial charge in [-0.25, -0.2) is 0 Å². The maximum atomic E-state index is 4.81. The average molecular weight is 284 g/mol. The zero-order valence-electron chi connectivity index (χ0n) is 13.1. The van der Waals surface area contributed by atoms with Crippen LogP contribution in [-0.4, -0.2) is 18.3 Å². The van der Waals surface area contributed by atoms with Crippen LogP contribution in [0, 0.1) is 0 Å². The molecule has 1 N–H and O–H groups in total. The van der Waals surface area contributed by atoms with Gasteiger partial charge in [0, 0.05) is 30.1 Å². The van der Waals surface area contributed by atoms with Gasteiger partial charge in [-0.3, -0.25) is 4.99 Å². The molecule has 0 aromatic heterocycles. The number of hydrogen-bond donors (Lipinski definition) is 1. The fourth-order valence-corrected chi connectivity index (χ4v) is 3.59. The quantitative estimate of drug-likeness (QED) is 0.744. The molecular formula is C19H28N2. The molecule has 114 valence electrons. The van der Waals surface area contributed by atoms with E-state index < -0.39 is 0 Å². The Morgan fingerprint density at radius 1 is 0.952 bits per heavy atom. The van der Waals surface area contributed by atoms with Crippen molar-refractivity contribution in [3.63, 3.8) is 0 Å². The monoisotopic (exact) mass is 284 g/mol. The molecule has 0 saturated heterocycles. The van der Waals surface area contributed by atoms with Crippen LogP contribution in [0.2, 0.25) is 0 Å². The van der Waals surface area contributed by atoms with Gasteiger partial charge in [0.05, 0.1) is 0 Å². The molecule has 0 bridgehead atoms. The van der Waals surface area contributed by atoms with Crippen LogP contribution in [0.1, 0.15) is 64.2 Å². The molecule has 0 atom stereocenters. The van der Waals surface area contributed by atoms with Crippen molar-refractivity contribution in [1.82, 2.24) is 5.32 Å². The molecule has 0 aliphatic heterocycles. The lowest BCUT2D eigenvalue weighted by Gasteiger charge is -2.22. The van der Waals surface area contributed by atoms with Crippen molar-refractivity contribution < 1.29 is 0 Å². The van der Waals surface area contributed by atoms with Gasteiger partial charge < -0.3 is 5.32 Å². The molecule has 3 rings (SSSR count). The molecule has 2 saturated carbocycles. The molecule has 0 aromatic carbocycles. The first kappa shape index (κ1) is 14.6. The number of hydrogen-bond acceptors (Lipinski definition) is 2. The molecule has 0 heterocycles. The number of nitrogens with zero attached hydrogens (tertiary/aromatic N) is 1. The van der Waals surface area contributed by atoms with Crippen LogP contribution in [0.4, 0.5) is 0 Å². The summed E-state index contributed by atoms with van der Waals surface area (Å²) < 4.78 is 0. The van der Waals surface area contributed by atoms with E-state index in [2.05, 4.69) is 36.0 Å². The number of nitrogens with one attached hydrogen (secondary N) is 1. The molecule has 0 radical (unpaired) electrons. The Morgan fingerprint density at radius 3 is 2.43 bits per heavy atom. The summed E-state index contributed by atoms with van der Waals surface area (Å²) in [4.78, 5) is 4.81. The highest BCUT2D eigenvalue weighted by Gasteiger charge is 2.13. The summed E-state index contributed by atoms with van der Waals surface area (Å²) in [5.74, 6) is 0. The Morgan fingerprint density at radius 2 is 1.67 bits per heavy atom. The Labute approximate surface area is 129 Å². The highest BCUT2D eigenvalue weighted by atomic mass is 14.9. The molecule has 0 spiro atoms. The molecule has 0 amide bonds. The minimum atomic E-state index is 0.563. The molecule has 0 aromatic rings. The van der Waals surface area contributed by atoms with Crippen molar-refractivity contribution in [2.45, 2.75) is 76.3 Å². The lowest BCUT2D eigenvalue weighted by atomic mass is 9.95. The van der Waals surface area contributed by atoms with Crippen LogP contribution in [0.25, 0.3) is 0 Å². The molecule has 3 aliphatic rings. The van der Waals surface area contributed by atoms with Gasteiger partial charge in [-0.1, -0.05) is 56.8 Å². The lowest BCUT2D eigenvalue weighted by Crippen LogP contribution is -2.26. The Kier molecular flexibility index (Phi) is 5.31. The number of aliphatic imine (C=N–C) groups is 1. The van der Waals surface area contributed by atoms with Gasteiger partial charge in [0.25, 0.3) is 0 Å². The second-order valence-electron chi connectivity index (χ2n) is 6.65. The second-order valence-corrected chi connectivity index (χ2v) is 6.65. The predicted molar refractivity (Wildman–Crippen MR) is 90.7 cm³/mol. The summed E-state index contributed by atoms with van der Waals surface area (Å²) in [6.07, 6.45) is 24.3. The van der Waals surface area contributed by atoms with Gasteiger partial charge >= 0.3 is 0 Å². The Hall–Kier alpha value is -1.31. The van der Waals surface area contributed by atoms with E-state index in [0.717, 1.165) is 0 Å². The molecule has 0 unspecified atom stereocenters. The first-order chi connectivity index (χ1) is 10.4. The van der Waals surface area contributed by atoms with Crippen molar-refractivity contribution in [2.24, 2.45) is 4.99 Å². The third-order valence-corrected chi connectivity index (χ3v) is 4.96. The first-order valence-electron chi connectivity index (χ1n) is 8.80. The normalized spacial score (nSPS) is 26.7. The summed E-state index contributed by atoms with van der Waals surface area (Å²) in [7, 11) is 0. The highest BCUT2D eigenvalue weighted by molar-refractivity contribution is 5.88. The van der Waals surface area contributed by atoms with Crippen LogP contribution >= 0.6 is 0 Å². The topological polar surface area (TPSA) is 24.4 Å². The highest BCUT2D eigenvalue weighted by Crippen LogP contribution is 2.22. The summed E-state index contributed by atoms with van der Waals surface area (Å²) in [6, 6.07) is 1.24. The number of allylic oxidation sites excluding steroid dienone is 5. The third-order valence-electron chi connectivity index (χ3n) is 4.96. The third kappa shape index (κ3) is 4.33. The first-order valence-corrected chi connectivity index (χ1v) is 8.80. The second kappa shape index (κ2) is 7.63. The van der Waals surface area contributed by atoms with Crippen LogP contribution in [0.3, 0.4) is 0 Å². The van der Waals surface area contributed by atoms with Gasteiger partial charge in [0.1, 0.15) is 0 Å². The molecular weight excluding hydrogens is 256 g/mol. The predicted octanol–water partition coefficient (Wildman–Crippen LogP) is 4.69. The van der Waals surface area contributed by atoms with Gasteiger partial charge in [0.2, 0.25) is 0 Å². The zero-order chi connectivity index (χ0) is 14.3. The van der Waals surface area contributed by atoms with E-state index in [1.807, 2.05) is 0 Å². The standard InChI is InChI=1S/C19H28N2/c1-3-10-18(11-4-1)20-14-16-8-7-9-17(16)15-21-19-12-5-2-6-13-19/h7-9,14-15,18-20H,1-6,10-13H2/b16-14-,21-15?. The molecule has 2 fully saturated rings. The van der Waals surface area contributed by atoms with E-state index in [1.54, 1.807) is 0 Å². The van der Waals surface area contributed by atoms with Crippen LogP contribution < -0.4 is 5.32 Å². The van der Waals surface area contributed by atoms with Crippen molar-refractivity contribution in [2.75, 3.05) is 0 Å².